The Morgan fingerprint density at radius 1 is 1.57 bits per heavy atom. The number of hydrogen-bond donors (Lipinski definition) is 2. The Bertz CT molecular complexity index is 334. The lowest BCUT2D eigenvalue weighted by Crippen LogP contribution is -2.15. The molecular weight excluding hydrogens is 194 g/mol. The van der Waals surface area contributed by atoms with E-state index in [9.17, 15) is 0 Å². The number of nitrogen functional groups attached to an aromatic ring is 1. The van der Waals surface area contributed by atoms with Crippen LogP contribution in [-0.4, -0.2) is 6.04 Å². The summed E-state index contributed by atoms with van der Waals surface area (Å²) in [6, 6.07) is 4.39. The van der Waals surface area contributed by atoms with Crippen LogP contribution in [-0.2, 0) is 0 Å². The number of nitrogens with zero attached hydrogens (tertiary/aromatic N) is 1. The molecule has 76 valence electrons. The van der Waals surface area contributed by atoms with E-state index in [4.69, 9.17) is 11.0 Å². The van der Waals surface area contributed by atoms with Crippen LogP contribution in [0.1, 0.15) is 31.6 Å². The summed E-state index contributed by atoms with van der Waals surface area (Å²) in [6.07, 6.45) is 2.16. The minimum Gasteiger partial charge on any atom is -0.397 e. The molecule has 0 aliphatic rings. The van der Waals surface area contributed by atoms with Gasteiger partial charge in [-0.05, 0) is 18.9 Å². The molecule has 14 heavy (non-hydrogen) atoms. The van der Waals surface area contributed by atoms with Gasteiger partial charge < -0.3 is 11.1 Å². The molecule has 0 bridgehead atoms. The molecule has 0 aliphatic carbocycles. The molecule has 0 fully saturated rings. The number of rotatable bonds is 4. The quantitative estimate of drug-likeness (QED) is 0.801. The summed E-state index contributed by atoms with van der Waals surface area (Å²) in [5, 5.41) is 13.1. The summed E-state index contributed by atoms with van der Waals surface area (Å²) in [5.41, 5.74) is 6.23. The van der Waals surface area contributed by atoms with Crippen LogP contribution in [0.3, 0.4) is 0 Å². The lowest BCUT2D eigenvalue weighted by molar-refractivity contribution is 0.673. The fourth-order valence-electron chi connectivity index (χ4n) is 1.26. The Morgan fingerprint density at radius 2 is 2.21 bits per heavy atom. The van der Waals surface area contributed by atoms with Crippen LogP contribution in [0.5, 0.6) is 0 Å². The highest BCUT2D eigenvalue weighted by atomic mass is 32.1. The van der Waals surface area contributed by atoms with Crippen molar-refractivity contribution in [3.05, 3.63) is 10.9 Å². The lowest BCUT2D eigenvalue weighted by Gasteiger charge is -2.13. The molecule has 0 aliphatic heterocycles. The summed E-state index contributed by atoms with van der Waals surface area (Å²) >= 11 is 1.42. The topological polar surface area (TPSA) is 61.8 Å². The normalized spacial score (nSPS) is 10.1. The molecule has 4 heteroatoms. The molecular formula is C10H15N3S. The van der Waals surface area contributed by atoms with Gasteiger partial charge in [-0.2, -0.15) is 5.26 Å². The van der Waals surface area contributed by atoms with E-state index in [1.54, 1.807) is 0 Å². The molecule has 0 saturated carbocycles. The van der Waals surface area contributed by atoms with E-state index in [2.05, 4.69) is 25.2 Å². The van der Waals surface area contributed by atoms with Crippen molar-refractivity contribution in [3.63, 3.8) is 0 Å². The molecule has 3 N–H and O–H groups in total. The fraction of sp³-hybridized carbons (Fsp3) is 0.500. The van der Waals surface area contributed by atoms with Crippen molar-refractivity contribution in [1.82, 2.24) is 0 Å². The first-order valence-corrected chi connectivity index (χ1v) is 5.58. The van der Waals surface area contributed by atoms with Gasteiger partial charge >= 0.3 is 0 Å². The van der Waals surface area contributed by atoms with Gasteiger partial charge in [0.05, 0.1) is 10.7 Å². The average molecular weight is 209 g/mol. The van der Waals surface area contributed by atoms with Crippen molar-refractivity contribution in [2.75, 3.05) is 11.1 Å². The van der Waals surface area contributed by atoms with Crippen LogP contribution < -0.4 is 11.1 Å². The molecule has 0 spiro atoms. The third-order valence-corrected chi connectivity index (χ3v) is 3.18. The van der Waals surface area contributed by atoms with Gasteiger partial charge in [0, 0.05) is 6.04 Å². The number of anilines is 2. The fourth-order valence-corrected chi connectivity index (χ4v) is 2.11. The van der Waals surface area contributed by atoms with Gasteiger partial charge in [0.2, 0.25) is 0 Å². The zero-order valence-corrected chi connectivity index (χ0v) is 9.32. The van der Waals surface area contributed by atoms with E-state index in [0.29, 0.717) is 16.6 Å². The van der Waals surface area contributed by atoms with E-state index in [1.165, 1.54) is 11.3 Å². The minimum absolute atomic E-state index is 0.472. The first kappa shape index (κ1) is 10.9. The number of hydrogen-bond acceptors (Lipinski definition) is 4. The van der Waals surface area contributed by atoms with Crippen LogP contribution in [0, 0.1) is 11.3 Å². The summed E-state index contributed by atoms with van der Waals surface area (Å²) in [5.74, 6) is 0. The molecule has 1 heterocycles. The van der Waals surface area contributed by atoms with Crippen LogP contribution in [0.25, 0.3) is 0 Å². The van der Waals surface area contributed by atoms with Crippen LogP contribution in [0.15, 0.2) is 6.07 Å². The monoisotopic (exact) mass is 209 g/mol. The average Bonchev–Trinajstić information content (AvgIpc) is 2.55. The Labute approximate surface area is 88.5 Å². The Hall–Kier alpha value is -1.21. The standard InChI is InChI=1S/C10H15N3S/c1-3-7(4-2)13-10-5-8(12)9(6-11)14-10/h5,7,13H,3-4,12H2,1-2H3. The second kappa shape index (κ2) is 4.87. The second-order valence-corrected chi connectivity index (χ2v) is 4.22. The molecule has 1 rings (SSSR count). The summed E-state index contributed by atoms with van der Waals surface area (Å²) < 4.78 is 0. The maximum absolute atomic E-state index is 8.73. The summed E-state index contributed by atoms with van der Waals surface area (Å²) in [7, 11) is 0. The zero-order valence-electron chi connectivity index (χ0n) is 8.50. The molecule has 3 nitrogen and oxygen atoms in total. The third kappa shape index (κ3) is 2.39. The number of nitriles is 1. The molecule has 0 radical (unpaired) electrons. The molecule has 0 amide bonds. The van der Waals surface area contributed by atoms with E-state index in [-0.39, 0.29) is 0 Å². The highest BCUT2D eigenvalue weighted by Gasteiger charge is 2.08. The first-order valence-electron chi connectivity index (χ1n) is 4.77. The molecule has 0 saturated heterocycles. The van der Waals surface area contributed by atoms with Crippen molar-refractivity contribution in [1.29, 1.82) is 5.26 Å². The van der Waals surface area contributed by atoms with Crippen LogP contribution >= 0.6 is 11.3 Å². The molecule has 1 aromatic rings. The van der Waals surface area contributed by atoms with Gasteiger partial charge in [-0.3, -0.25) is 0 Å². The maximum Gasteiger partial charge on any atom is 0.129 e. The van der Waals surface area contributed by atoms with Gasteiger partial charge in [-0.25, -0.2) is 0 Å². The van der Waals surface area contributed by atoms with E-state index < -0.39 is 0 Å². The highest BCUT2D eigenvalue weighted by molar-refractivity contribution is 7.17. The lowest BCUT2D eigenvalue weighted by atomic mass is 10.2. The number of thiophene rings is 1. The second-order valence-electron chi connectivity index (χ2n) is 3.16. The molecule has 0 unspecified atom stereocenters. The van der Waals surface area contributed by atoms with Crippen molar-refractivity contribution < 1.29 is 0 Å². The van der Waals surface area contributed by atoms with Gasteiger partial charge in [0.1, 0.15) is 10.9 Å². The van der Waals surface area contributed by atoms with Gasteiger partial charge in [-0.1, -0.05) is 13.8 Å². The third-order valence-electron chi connectivity index (χ3n) is 2.19. The Balaban J connectivity index is 2.73. The maximum atomic E-state index is 8.73. The van der Waals surface area contributed by atoms with Crippen molar-refractivity contribution in [3.8, 4) is 6.07 Å². The van der Waals surface area contributed by atoms with Gasteiger partial charge in [-0.15, -0.1) is 11.3 Å². The van der Waals surface area contributed by atoms with Crippen LogP contribution in [0.4, 0.5) is 10.7 Å². The van der Waals surface area contributed by atoms with Crippen molar-refractivity contribution >= 4 is 22.0 Å². The van der Waals surface area contributed by atoms with Crippen molar-refractivity contribution in [2.24, 2.45) is 0 Å². The van der Waals surface area contributed by atoms with Crippen LogP contribution in [0.2, 0.25) is 0 Å². The Kier molecular flexibility index (Phi) is 3.78. The predicted molar refractivity (Wildman–Crippen MR) is 61.4 cm³/mol. The highest BCUT2D eigenvalue weighted by Crippen LogP contribution is 2.29. The Morgan fingerprint density at radius 3 is 2.64 bits per heavy atom. The zero-order chi connectivity index (χ0) is 10.6. The van der Waals surface area contributed by atoms with E-state index >= 15 is 0 Å². The SMILES string of the molecule is CCC(CC)Nc1cc(N)c(C#N)s1. The summed E-state index contributed by atoms with van der Waals surface area (Å²) in [4.78, 5) is 0.596. The van der Waals surface area contributed by atoms with Crippen molar-refractivity contribution in [2.45, 2.75) is 32.7 Å². The minimum atomic E-state index is 0.472. The number of nitrogens with one attached hydrogen (secondary N) is 1. The first-order chi connectivity index (χ1) is 6.71. The number of nitrogens with two attached hydrogens (primary N) is 1. The van der Waals surface area contributed by atoms with E-state index in [1.807, 2.05) is 6.07 Å². The molecule has 0 aromatic carbocycles. The van der Waals surface area contributed by atoms with Gasteiger partial charge in [0.25, 0.3) is 0 Å². The summed E-state index contributed by atoms with van der Waals surface area (Å²) in [6.45, 7) is 4.28. The molecule has 0 atom stereocenters. The molecule has 1 aromatic heterocycles. The van der Waals surface area contributed by atoms with E-state index in [0.717, 1.165) is 17.8 Å². The van der Waals surface area contributed by atoms with Gasteiger partial charge in [0.15, 0.2) is 0 Å². The smallest absolute Gasteiger partial charge is 0.129 e. The predicted octanol–water partition coefficient (Wildman–Crippen LogP) is 2.80. The largest absolute Gasteiger partial charge is 0.397 e.